The summed E-state index contributed by atoms with van der Waals surface area (Å²) in [5.41, 5.74) is 6.98. The van der Waals surface area contributed by atoms with Crippen LogP contribution in [0.5, 0.6) is 0 Å². The van der Waals surface area contributed by atoms with E-state index in [1.807, 2.05) is 6.92 Å². The average molecular weight is 223 g/mol. The first kappa shape index (κ1) is 12.4. The fourth-order valence-electron chi connectivity index (χ4n) is 1.39. The quantitative estimate of drug-likeness (QED) is 0.340. The topological polar surface area (TPSA) is 50.1 Å². The highest BCUT2D eigenvalue weighted by molar-refractivity contribution is 6.32. The van der Waals surface area contributed by atoms with Crippen LogP contribution in [-0.2, 0) is 6.42 Å². The minimum Gasteiger partial charge on any atom is -0.341 e. The van der Waals surface area contributed by atoms with Gasteiger partial charge in [0, 0.05) is 0 Å². The molecule has 0 heterocycles. The molecule has 0 fully saturated rings. The van der Waals surface area contributed by atoms with Crippen molar-refractivity contribution in [1.82, 2.24) is 10.3 Å². The van der Waals surface area contributed by atoms with Gasteiger partial charge in [0.2, 0.25) is 0 Å². The first-order valence-electron chi connectivity index (χ1n) is 5.52. The standard InChI is InChI=1S/C11H21N3Si/c1-10(12)13-9-15-14-8-7-11-5-3-2-4-6-11/h2-6,10,13-14H,7-9,12,15H2,1H3. The van der Waals surface area contributed by atoms with Gasteiger partial charge in [0.05, 0.1) is 6.17 Å². The third-order valence-electron chi connectivity index (χ3n) is 2.20. The molecule has 0 bridgehead atoms. The molecule has 1 atom stereocenters. The zero-order valence-electron chi connectivity index (χ0n) is 9.37. The van der Waals surface area contributed by atoms with Gasteiger partial charge >= 0.3 is 0 Å². The SMILES string of the molecule is CC(N)NC[SiH2]NCCc1ccccc1. The molecular formula is C11H21N3Si. The highest BCUT2D eigenvalue weighted by Gasteiger charge is 1.93. The van der Waals surface area contributed by atoms with Crippen LogP contribution in [0, 0.1) is 0 Å². The minimum atomic E-state index is -0.188. The van der Waals surface area contributed by atoms with Crippen LogP contribution in [0.4, 0.5) is 0 Å². The average Bonchev–Trinajstić information content (AvgIpc) is 2.24. The van der Waals surface area contributed by atoms with E-state index in [2.05, 4.69) is 40.6 Å². The molecule has 0 spiro atoms. The predicted octanol–water partition coefficient (Wildman–Crippen LogP) is -0.246. The summed E-state index contributed by atoms with van der Waals surface area (Å²) in [6.45, 7) is 3.05. The van der Waals surface area contributed by atoms with Gasteiger partial charge in [0.1, 0.15) is 9.68 Å². The van der Waals surface area contributed by atoms with E-state index in [1.54, 1.807) is 0 Å². The third kappa shape index (κ3) is 6.41. The Bertz CT molecular complexity index is 251. The molecule has 1 rings (SSSR count). The van der Waals surface area contributed by atoms with Gasteiger partial charge < -0.3 is 16.0 Å². The number of nitrogens with two attached hydrogens (primary N) is 1. The lowest BCUT2D eigenvalue weighted by Gasteiger charge is -2.08. The maximum Gasteiger partial charge on any atom is 0.105 e. The number of hydrogen-bond acceptors (Lipinski definition) is 3. The molecule has 0 aromatic heterocycles. The van der Waals surface area contributed by atoms with E-state index in [9.17, 15) is 0 Å². The predicted molar refractivity (Wildman–Crippen MR) is 68.3 cm³/mol. The molecule has 84 valence electrons. The third-order valence-corrected chi connectivity index (χ3v) is 3.45. The summed E-state index contributed by atoms with van der Waals surface area (Å²) in [7, 11) is -0.188. The number of benzene rings is 1. The summed E-state index contributed by atoms with van der Waals surface area (Å²) < 4.78 is 0. The zero-order valence-corrected chi connectivity index (χ0v) is 10.8. The van der Waals surface area contributed by atoms with Gasteiger partial charge in [-0.15, -0.1) is 0 Å². The largest absolute Gasteiger partial charge is 0.341 e. The maximum atomic E-state index is 5.58. The molecule has 0 amide bonds. The van der Waals surface area contributed by atoms with E-state index in [1.165, 1.54) is 5.56 Å². The van der Waals surface area contributed by atoms with E-state index in [4.69, 9.17) is 5.73 Å². The van der Waals surface area contributed by atoms with Gasteiger partial charge in [-0.1, -0.05) is 30.3 Å². The summed E-state index contributed by atoms with van der Waals surface area (Å²) in [6, 6.07) is 10.6. The fourth-order valence-corrected chi connectivity index (χ4v) is 2.59. The first-order valence-corrected chi connectivity index (χ1v) is 7.23. The summed E-state index contributed by atoms with van der Waals surface area (Å²) in [4.78, 5) is 3.51. The Kier molecular flexibility index (Phi) is 6.27. The van der Waals surface area contributed by atoms with Crippen molar-refractivity contribution in [3.8, 4) is 0 Å². The lowest BCUT2D eigenvalue weighted by atomic mass is 10.2. The van der Waals surface area contributed by atoms with Crippen molar-refractivity contribution in [2.45, 2.75) is 19.5 Å². The van der Waals surface area contributed by atoms with Gasteiger partial charge in [-0.25, -0.2) is 0 Å². The van der Waals surface area contributed by atoms with Gasteiger partial charge in [-0.05, 0) is 31.6 Å². The Morgan fingerprint density at radius 1 is 1.33 bits per heavy atom. The van der Waals surface area contributed by atoms with Crippen molar-refractivity contribution in [1.29, 1.82) is 0 Å². The van der Waals surface area contributed by atoms with Crippen LogP contribution in [0.25, 0.3) is 0 Å². The molecule has 1 aromatic carbocycles. The lowest BCUT2D eigenvalue weighted by molar-refractivity contribution is 0.618. The molecule has 15 heavy (non-hydrogen) atoms. The molecule has 4 N–H and O–H groups in total. The van der Waals surface area contributed by atoms with Crippen molar-refractivity contribution < 1.29 is 0 Å². The smallest absolute Gasteiger partial charge is 0.105 e. The van der Waals surface area contributed by atoms with Crippen molar-refractivity contribution >= 4 is 9.68 Å². The van der Waals surface area contributed by atoms with Crippen molar-refractivity contribution in [2.24, 2.45) is 5.73 Å². The summed E-state index contributed by atoms with van der Waals surface area (Å²) in [5.74, 6) is 0. The van der Waals surface area contributed by atoms with Crippen molar-refractivity contribution in [2.75, 3.05) is 12.7 Å². The zero-order chi connectivity index (χ0) is 10.9. The number of hydrogen-bond donors (Lipinski definition) is 3. The van der Waals surface area contributed by atoms with Gasteiger partial charge in [-0.2, -0.15) is 0 Å². The van der Waals surface area contributed by atoms with Gasteiger partial charge in [0.25, 0.3) is 0 Å². The van der Waals surface area contributed by atoms with Crippen LogP contribution in [0.1, 0.15) is 12.5 Å². The van der Waals surface area contributed by atoms with Gasteiger partial charge in [-0.3, -0.25) is 0 Å². The molecule has 0 aliphatic carbocycles. The number of rotatable bonds is 7. The molecule has 0 radical (unpaired) electrons. The second-order valence-corrected chi connectivity index (χ2v) is 5.23. The second kappa shape index (κ2) is 7.59. The van der Waals surface area contributed by atoms with Crippen LogP contribution < -0.4 is 16.0 Å². The Morgan fingerprint density at radius 3 is 2.73 bits per heavy atom. The molecule has 0 saturated heterocycles. The van der Waals surface area contributed by atoms with E-state index < -0.39 is 0 Å². The molecular weight excluding hydrogens is 202 g/mol. The molecule has 0 aliphatic heterocycles. The molecule has 4 heteroatoms. The van der Waals surface area contributed by atoms with Crippen LogP contribution in [0.2, 0.25) is 0 Å². The Morgan fingerprint density at radius 2 is 2.07 bits per heavy atom. The fraction of sp³-hybridized carbons (Fsp3) is 0.455. The van der Waals surface area contributed by atoms with Gasteiger partial charge in [0.15, 0.2) is 0 Å². The van der Waals surface area contributed by atoms with Crippen LogP contribution in [-0.4, -0.2) is 28.6 Å². The van der Waals surface area contributed by atoms with Crippen LogP contribution in [0.15, 0.2) is 30.3 Å². The maximum absolute atomic E-state index is 5.58. The van der Waals surface area contributed by atoms with E-state index in [0.717, 1.165) is 19.1 Å². The lowest BCUT2D eigenvalue weighted by Crippen LogP contribution is -2.40. The molecule has 1 unspecified atom stereocenters. The van der Waals surface area contributed by atoms with E-state index >= 15 is 0 Å². The number of nitrogens with one attached hydrogen (secondary N) is 2. The molecule has 3 nitrogen and oxygen atoms in total. The van der Waals surface area contributed by atoms with Crippen molar-refractivity contribution in [3.05, 3.63) is 35.9 Å². The molecule has 0 saturated carbocycles. The minimum absolute atomic E-state index is 0.119. The van der Waals surface area contributed by atoms with E-state index in [-0.39, 0.29) is 15.8 Å². The Labute approximate surface area is 94.4 Å². The highest BCUT2D eigenvalue weighted by atomic mass is 28.2. The molecule has 1 aromatic rings. The molecule has 0 aliphatic rings. The summed E-state index contributed by atoms with van der Waals surface area (Å²) >= 11 is 0. The Hall–Kier alpha value is -0.683. The van der Waals surface area contributed by atoms with Crippen LogP contribution >= 0.6 is 0 Å². The first-order chi connectivity index (χ1) is 7.29. The normalized spacial score (nSPS) is 13.5. The van der Waals surface area contributed by atoms with Crippen LogP contribution in [0.3, 0.4) is 0 Å². The monoisotopic (exact) mass is 223 g/mol. The van der Waals surface area contributed by atoms with E-state index in [0.29, 0.717) is 0 Å². The summed E-state index contributed by atoms with van der Waals surface area (Å²) in [5, 5.41) is 3.22. The second-order valence-electron chi connectivity index (χ2n) is 3.73. The highest BCUT2D eigenvalue weighted by Crippen LogP contribution is 1.97. The van der Waals surface area contributed by atoms with Crippen molar-refractivity contribution in [3.63, 3.8) is 0 Å². The summed E-state index contributed by atoms with van der Waals surface area (Å²) in [6.07, 6.45) is 2.30. The Balaban J connectivity index is 1.98.